The molecule has 0 amide bonds. The van der Waals surface area contributed by atoms with Gasteiger partial charge < -0.3 is 32.2 Å². The SMILES string of the molecule is C=C1CCC2[C@@H](CN)C([C@@]3(C)CC[C@H](O)C[C@@H]3CNC3CCCC3)CC[C@@]12C.CC(=O)[O-].[NH4+]. The number of quaternary nitrogens is 1. The standard InChI is InChI=1S/C25H44N2O.C2H4O2.H3N/c1-17-8-9-22-21(15-26)23(11-13-24(17,22)2)25(3)12-10-20(28)14-18(25)16-27-19-6-4-5-7-19;1-2(3)4;/h18-23,27-28H,1,4-16,26H2,2-3H3;1H3,(H,3,4);1H3/t18-,20+,21-,22?,23?,24+,25+;;/m1../s1. The van der Waals surface area contributed by atoms with Crippen molar-refractivity contribution in [3.05, 3.63) is 12.2 Å². The molecule has 6 nitrogen and oxygen atoms in total. The summed E-state index contributed by atoms with van der Waals surface area (Å²) in [6.07, 6.45) is 13.5. The second-order valence-corrected chi connectivity index (χ2v) is 11.7. The van der Waals surface area contributed by atoms with Crippen LogP contribution in [0.2, 0.25) is 0 Å². The maximum absolute atomic E-state index is 10.5. The molecular weight excluding hydrogens is 414 g/mol. The summed E-state index contributed by atoms with van der Waals surface area (Å²) in [5.74, 6) is 1.53. The lowest BCUT2D eigenvalue weighted by Crippen LogP contribution is -2.54. The number of carbonyl (C=O) groups excluding carboxylic acids is 1. The number of allylic oxidation sites excluding steroid dienone is 1. The zero-order chi connectivity index (χ0) is 23.5. The summed E-state index contributed by atoms with van der Waals surface area (Å²) in [5, 5.41) is 23.3. The summed E-state index contributed by atoms with van der Waals surface area (Å²) < 4.78 is 0. The van der Waals surface area contributed by atoms with Crippen LogP contribution >= 0.6 is 0 Å². The summed E-state index contributed by atoms with van der Waals surface area (Å²) in [5.41, 5.74) is 8.58. The summed E-state index contributed by atoms with van der Waals surface area (Å²) in [4.78, 5) is 8.89. The van der Waals surface area contributed by atoms with E-state index in [9.17, 15) is 5.11 Å². The largest absolute Gasteiger partial charge is 0.550 e. The Morgan fingerprint density at radius 1 is 1.15 bits per heavy atom. The Bertz CT molecular complexity index is 661. The monoisotopic (exact) mass is 465 g/mol. The van der Waals surface area contributed by atoms with Gasteiger partial charge in [0.25, 0.3) is 0 Å². The number of carboxylic acids is 1. The van der Waals surface area contributed by atoms with Crippen LogP contribution in [0, 0.1) is 34.5 Å². The number of fused-ring (bicyclic) bond motifs is 1. The first kappa shape index (κ1) is 28.3. The zero-order valence-corrected chi connectivity index (χ0v) is 21.7. The van der Waals surface area contributed by atoms with Crippen molar-refractivity contribution in [2.45, 2.75) is 104 Å². The molecule has 4 aliphatic carbocycles. The molecule has 0 aliphatic heterocycles. The van der Waals surface area contributed by atoms with Crippen molar-refractivity contribution in [2.24, 2.45) is 40.2 Å². The minimum absolute atomic E-state index is 0. The molecule has 0 radical (unpaired) electrons. The molecule has 0 aromatic heterocycles. The lowest BCUT2D eigenvalue weighted by Gasteiger charge is -2.57. The van der Waals surface area contributed by atoms with E-state index in [0.29, 0.717) is 34.6 Å². The second kappa shape index (κ2) is 11.7. The molecule has 192 valence electrons. The fraction of sp³-hybridized carbons (Fsp3) is 0.889. The molecule has 4 rings (SSSR count). The number of rotatable bonds is 5. The maximum Gasteiger partial charge on any atom is 0.0543 e. The highest BCUT2D eigenvalue weighted by Crippen LogP contribution is 2.63. The number of aliphatic hydroxyl groups excluding tert-OH is 1. The molecule has 6 heteroatoms. The number of hydrogen-bond donors (Lipinski definition) is 4. The number of carbonyl (C=O) groups is 1. The van der Waals surface area contributed by atoms with Crippen LogP contribution < -0.4 is 22.3 Å². The number of carboxylic acid groups (broad SMARTS) is 1. The quantitative estimate of drug-likeness (QED) is 0.458. The highest BCUT2D eigenvalue weighted by atomic mass is 16.4. The van der Waals surface area contributed by atoms with Crippen molar-refractivity contribution in [1.29, 1.82) is 0 Å². The molecule has 4 aliphatic rings. The molecule has 33 heavy (non-hydrogen) atoms. The van der Waals surface area contributed by atoms with Gasteiger partial charge in [-0.2, -0.15) is 0 Å². The van der Waals surface area contributed by atoms with E-state index >= 15 is 0 Å². The highest BCUT2D eigenvalue weighted by molar-refractivity contribution is 5.60. The van der Waals surface area contributed by atoms with Crippen LogP contribution in [0.5, 0.6) is 0 Å². The van der Waals surface area contributed by atoms with E-state index in [4.69, 9.17) is 15.6 Å². The first-order valence-electron chi connectivity index (χ1n) is 13.1. The Labute approximate surface area is 201 Å². The van der Waals surface area contributed by atoms with Crippen LogP contribution in [0.25, 0.3) is 0 Å². The highest BCUT2D eigenvalue weighted by Gasteiger charge is 2.56. The molecule has 0 spiro atoms. The van der Waals surface area contributed by atoms with Crippen LogP contribution in [0.4, 0.5) is 0 Å². The predicted octanol–water partition coefficient (Wildman–Crippen LogP) is 3.78. The van der Waals surface area contributed by atoms with Crippen molar-refractivity contribution >= 4 is 5.97 Å². The van der Waals surface area contributed by atoms with E-state index < -0.39 is 5.97 Å². The third kappa shape index (κ3) is 6.01. The van der Waals surface area contributed by atoms with Crippen LogP contribution in [0.1, 0.15) is 91.4 Å². The van der Waals surface area contributed by atoms with Crippen molar-refractivity contribution < 1.29 is 15.0 Å². The lowest BCUT2D eigenvalue weighted by atomic mass is 9.49. The van der Waals surface area contributed by atoms with Gasteiger partial charge in [-0.25, -0.2) is 0 Å². The molecule has 0 saturated heterocycles. The first-order chi connectivity index (χ1) is 15.1. The lowest BCUT2D eigenvalue weighted by molar-refractivity contribution is -0.302. The van der Waals surface area contributed by atoms with Gasteiger partial charge in [-0.05, 0) is 112 Å². The topological polar surface area (TPSA) is 135 Å². The second-order valence-electron chi connectivity index (χ2n) is 11.7. The van der Waals surface area contributed by atoms with Gasteiger partial charge in [0.1, 0.15) is 0 Å². The number of nitrogens with one attached hydrogen (secondary N) is 1. The molecule has 4 saturated carbocycles. The molecule has 0 bridgehead atoms. The van der Waals surface area contributed by atoms with Gasteiger partial charge in [0.2, 0.25) is 0 Å². The Morgan fingerprint density at radius 2 is 1.79 bits per heavy atom. The Kier molecular flexibility index (Phi) is 9.99. The van der Waals surface area contributed by atoms with E-state index in [0.717, 1.165) is 45.2 Å². The van der Waals surface area contributed by atoms with Crippen molar-refractivity contribution in [3.8, 4) is 0 Å². The van der Waals surface area contributed by atoms with Crippen molar-refractivity contribution in [2.75, 3.05) is 13.1 Å². The van der Waals surface area contributed by atoms with Crippen LogP contribution in [0.15, 0.2) is 12.2 Å². The van der Waals surface area contributed by atoms with E-state index in [-0.39, 0.29) is 12.3 Å². The van der Waals surface area contributed by atoms with Gasteiger partial charge >= 0.3 is 0 Å². The smallest absolute Gasteiger partial charge is 0.0543 e. The predicted molar refractivity (Wildman–Crippen MR) is 134 cm³/mol. The molecule has 8 N–H and O–H groups in total. The molecule has 0 aromatic carbocycles. The number of hydrogen-bond acceptors (Lipinski definition) is 5. The zero-order valence-electron chi connectivity index (χ0n) is 21.7. The Balaban J connectivity index is 0.000000714. The molecule has 4 fully saturated rings. The normalized spacial score (nSPS) is 41.0. The van der Waals surface area contributed by atoms with Crippen molar-refractivity contribution in [1.82, 2.24) is 11.5 Å². The first-order valence-corrected chi connectivity index (χ1v) is 13.1. The summed E-state index contributed by atoms with van der Waals surface area (Å²) >= 11 is 0. The fourth-order valence-corrected chi connectivity index (χ4v) is 7.98. The Hall–Kier alpha value is -0.950. The molecule has 7 atom stereocenters. The van der Waals surface area contributed by atoms with E-state index in [1.54, 1.807) is 0 Å². The van der Waals surface area contributed by atoms with Gasteiger partial charge in [0.15, 0.2) is 0 Å². The van der Waals surface area contributed by atoms with Gasteiger partial charge in [-0.3, -0.25) is 0 Å². The third-order valence-corrected chi connectivity index (χ3v) is 10.0. The van der Waals surface area contributed by atoms with Gasteiger partial charge in [0.05, 0.1) is 6.10 Å². The van der Waals surface area contributed by atoms with Crippen LogP contribution in [0.3, 0.4) is 0 Å². The minimum atomic E-state index is -1.08. The molecule has 2 unspecified atom stereocenters. The number of aliphatic carboxylic acids is 1. The van der Waals surface area contributed by atoms with E-state index in [1.165, 1.54) is 56.9 Å². The minimum Gasteiger partial charge on any atom is -0.550 e. The average Bonchev–Trinajstić information content (AvgIpc) is 3.36. The average molecular weight is 466 g/mol. The summed E-state index contributed by atoms with van der Waals surface area (Å²) in [6, 6.07) is 0.710. The van der Waals surface area contributed by atoms with Gasteiger partial charge in [-0.1, -0.05) is 38.8 Å². The number of nitrogens with two attached hydrogens (primary N) is 1. The van der Waals surface area contributed by atoms with Crippen LogP contribution in [-0.4, -0.2) is 36.3 Å². The number of aliphatic hydroxyl groups is 1. The van der Waals surface area contributed by atoms with Gasteiger partial charge in [-0.15, -0.1) is 0 Å². The summed E-state index contributed by atoms with van der Waals surface area (Å²) in [6.45, 7) is 12.3. The van der Waals surface area contributed by atoms with Crippen molar-refractivity contribution in [3.63, 3.8) is 0 Å². The van der Waals surface area contributed by atoms with Gasteiger partial charge in [0, 0.05) is 12.0 Å². The summed E-state index contributed by atoms with van der Waals surface area (Å²) in [7, 11) is 0. The van der Waals surface area contributed by atoms with E-state index in [1.807, 2.05) is 0 Å². The Morgan fingerprint density at radius 3 is 2.39 bits per heavy atom. The van der Waals surface area contributed by atoms with Crippen LogP contribution in [-0.2, 0) is 4.79 Å². The molecular formula is C27H51N3O3. The molecule has 0 heterocycles. The maximum atomic E-state index is 10.5. The fourth-order valence-electron chi connectivity index (χ4n) is 7.98. The molecule has 0 aromatic rings. The third-order valence-electron chi connectivity index (χ3n) is 10.0. The van der Waals surface area contributed by atoms with E-state index in [2.05, 4.69) is 25.7 Å².